The summed E-state index contributed by atoms with van der Waals surface area (Å²) in [7, 11) is 0. The van der Waals surface area contributed by atoms with E-state index in [0.29, 0.717) is 17.9 Å². The fourth-order valence-corrected chi connectivity index (χ4v) is 2.63. The zero-order valence-corrected chi connectivity index (χ0v) is 14.6. The predicted octanol–water partition coefficient (Wildman–Crippen LogP) is 4.70. The molecule has 0 heterocycles. The number of ether oxygens (including phenoxy) is 1. The van der Waals surface area contributed by atoms with Crippen molar-refractivity contribution >= 4 is 50.1 Å². The summed E-state index contributed by atoms with van der Waals surface area (Å²) in [6.45, 7) is 2.41. The summed E-state index contributed by atoms with van der Waals surface area (Å²) >= 11 is 5.58. The van der Waals surface area contributed by atoms with Gasteiger partial charge in [0.25, 0.3) is 5.91 Å². The van der Waals surface area contributed by atoms with Gasteiger partial charge < -0.3 is 10.1 Å². The maximum absolute atomic E-state index is 12.4. The third-order valence-corrected chi connectivity index (χ3v) is 3.73. The molecule has 0 bridgehead atoms. The molecule has 0 atom stereocenters. The van der Waals surface area contributed by atoms with Crippen LogP contribution in [0.2, 0.25) is 0 Å². The van der Waals surface area contributed by atoms with Crippen molar-refractivity contribution in [1.29, 1.82) is 0 Å². The first kappa shape index (κ1) is 15.3. The van der Waals surface area contributed by atoms with Gasteiger partial charge in [0.15, 0.2) is 0 Å². The molecule has 0 aliphatic carbocycles. The lowest BCUT2D eigenvalue weighted by Gasteiger charge is -2.11. The molecule has 0 saturated heterocycles. The van der Waals surface area contributed by atoms with E-state index in [0.717, 1.165) is 13.7 Å². The molecule has 0 unspecified atom stereocenters. The molecule has 5 heteroatoms. The second-order valence-electron chi connectivity index (χ2n) is 4.04. The Balaban J connectivity index is 2.26. The number of anilines is 1. The molecule has 2 aromatic carbocycles. The summed E-state index contributed by atoms with van der Waals surface area (Å²) in [5.74, 6) is 0.399. The zero-order valence-electron chi connectivity index (χ0n) is 10.8. The first-order chi connectivity index (χ1) is 9.60. The number of hydrogen-bond donors (Lipinski definition) is 1. The van der Waals surface area contributed by atoms with Crippen molar-refractivity contribution in [3.63, 3.8) is 0 Å². The Hall–Kier alpha value is -1.08. The molecule has 0 aromatic heterocycles. The highest BCUT2D eigenvalue weighted by Crippen LogP contribution is 2.24. The molecule has 1 N–H and O–H groups in total. The Morgan fingerprint density at radius 3 is 2.80 bits per heavy atom. The minimum atomic E-state index is -0.184. The van der Waals surface area contributed by atoms with E-state index in [1.54, 1.807) is 12.1 Å². The standard InChI is InChI=1S/C15H13BrINO2/c1-2-20-14-7-6-10(16)8-13(14)15(19)18-12-5-3-4-11(17)9-12/h3-9H,2H2,1H3,(H,18,19). The summed E-state index contributed by atoms with van der Waals surface area (Å²) in [6, 6.07) is 13.1. The number of carbonyl (C=O) groups excluding carboxylic acids is 1. The topological polar surface area (TPSA) is 38.3 Å². The lowest BCUT2D eigenvalue weighted by molar-refractivity contribution is 0.102. The van der Waals surface area contributed by atoms with Crippen LogP contribution in [-0.4, -0.2) is 12.5 Å². The molecule has 0 spiro atoms. The second kappa shape index (κ2) is 7.08. The Kier molecular flexibility index (Phi) is 5.42. The van der Waals surface area contributed by atoms with E-state index in [1.807, 2.05) is 37.3 Å². The molecule has 0 aliphatic rings. The van der Waals surface area contributed by atoms with Crippen LogP contribution in [0.15, 0.2) is 46.9 Å². The van der Waals surface area contributed by atoms with Crippen molar-refractivity contribution in [3.8, 4) is 5.75 Å². The van der Waals surface area contributed by atoms with Gasteiger partial charge in [-0.15, -0.1) is 0 Å². The minimum Gasteiger partial charge on any atom is -0.493 e. The quantitative estimate of drug-likeness (QED) is 0.692. The number of carbonyl (C=O) groups is 1. The normalized spacial score (nSPS) is 10.2. The molecule has 0 radical (unpaired) electrons. The smallest absolute Gasteiger partial charge is 0.259 e. The van der Waals surface area contributed by atoms with E-state index in [4.69, 9.17) is 4.74 Å². The lowest BCUT2D eigenvalue weighted by Crippen LogP contribution is -2.13. The number of nitrogens with one attached hydrogen (secondary N) is 1. The molecular formula is C15H13BrINO2. The van der Waals surface area contributed by atoms with Crippen molar-refractivity contribution in [1.82, 2.24) is 0 Å². The minimum absolute atomic E-state index is 0.184. The third-order valence-electron chi connectivity index (χ3n) is 2.57. The van der Waals surface area contributed by atoms with Gasteiger partial charge in [-0.1, -0.05) is 22.0 Å². The van der Waals surface area contributed by atoms with Gasteiger partial charge in [0.2, 0.25) is 0 Å². The third kappa shape index (κ3) is 3.96. The molecule has 2 rings (SSSR count). The summed E-state index contributed by atoms with van der Waals surface area (Å²) in [4.78, 5) is 12.4. The average molecular weight is 446 g/mol. The van der Waals surface area contributed by atoms with E-state index >= 15 is 0 Å². The Morgan fingerprint density at radius 2 is 2.10 bits per heavy atom. The van der Waals surface area contributed by atoms with Crippen molar-refractivity contribution in [2.75, 3.05) is 11.9 Å². The van der Waals surface area contributed by atoms with Crippen molar-refractivity contribution in [3.05, 3.63) is 56.1 Å². The van der Waals surface area contributed by atoms with Crippen LogP contribution in [0.4, 0.5) is 5.69 Å². The summed E-state index contributed by atoms with van der Waals surface area (Å²) in [6.07, 6.45) is 0. The van der Waals surface area contributed by atoms with Crippen LogP contribution in [0, 0.1) is 3.57 Å². The SMILES string of the molecule is CCOc1ccc(Br)cc1C(=O)Nc1cccc(I)c1. The van der Waals surface area contributed by atoms with Gasteiger partial charge in [-0.3, -0.25) is 4.79 Å². The van der Waals surface area contributed by atoms with Crippen molar-refractivity contribution < 1.29 is 9.53 Å². The highest BCUT2D eigenvalue weighted by Gasteiger charge is 2.13. The number of hydrogen-bond acceptors (Lipinski definition) is 2. The van der Waals surface area contributed by atoms with Gasteiger partial charge in [0.05, 0.1) is 12.2 Å². The Morgan fingerprint density at radius 1 is 1.30 bits per heavy atom. The molecule has 0 saturated carbocycles. The molecule has 2 aromatic rings. The van der Waals surface area contributed by atoms with Crippen LogP contribution in [0.1, 0.15) is 17.3 Å². The molecule has 3 nitrogen and oxygen atoms in total. The van der Waals surface area contributed by atoms with Gasteiger partial charge >= 0.3 is 0 Å². The molecule has 20 heavy (non-hydrogen) atoms. The Bertz CT molecular complexity index is 631. The summed E-state index contributed by atoms with van der Waals surface area (Å²) in [5, 5.41) is 2.88. The maximum Gasteiger partial charge on any atom is 0.259 e. The second-order valence-corrected chi connectivity index (χ2v) is 6.20. The molecule has 104 valence electrons. The van der Waals surface area contributed by atoms with Gasteiger partial charge in [0.1, 0.15) is 5.75 Å². The lowest BCUT2D eigenvalue weighted by atomic mass is 10.2. The molecule has 0 fully saturated rings. The highest BCUT2D eigenvalue weighted by molar-refractivity contribution is 14.1. The van der Waals surface area contributed by atoms with Crippen molar-refractivity contribution in [2.45, 2.75) is 6.92 Å². The zero-order chi connectivity index (χ0) is 14.5. The van der Waals surface area contributed by atoms with Crippen LogP contribution >= 0.6 is 38.5 Å². The van der Waals surface area contributed by atoms with Crippen LogP contribution in [-0.2, 0) is 0 Å². The summed E-state index contributed by atoms with van der Waals surface area (Å²) < 4.78 is 7.40. The van der Waals surface area contributed by atoms with E-state index in [9.17, 15) is 4.79 Å². The van der Waals surface area contributed by atoms with Gasteiger partial charge in [-0.2, -0.15) is 0 Å². The van der Waals surface area contributed by atoms with E-state index in [-0.39, 0.29) is 5.91 Å². The maximum atomic E-state index is 12.4. The first-order valence-electron chi connectivity index (χ1n) is 6.09. The molecule has 0 aliphatic heterocycles. The average Bonchev–Trinajstić information content (AvgIpc) is 2.41. The van der Waals surface area contributed by atoms with Gasteiger partial charge in [-0.25, -0.2) is 0 Å². The fraction of sp³-hybridized carbons (Fsp3) is 0.133. The predicted molar refractivity (Wildman–Crippen MR) is 92.4 cm³/mol. The number of rotatable bonds is 4. The fourth-order valence-electron chi connectivity index (χ4n) is 1.73. The molecular weight excluding hydrogens is 433 g/mol. The van der Waals surface area contributed by atoms with Gasteiger partial charge in [-0.05, 0) is 65.9 Å². The largest absolute Gasteiger partial charge is 0.493 e. The van der Waals surface area contributed by atoms with E-state index in [2.05, 4.69) is 43.8 Å². The van der Waals surface area contributed by atoms with Crippen LogP contribution < -0.4 is 10.1 Å². The highest BCUT2D eigenvalue weighted by atomic mass is 127. The number of halogens is 2. The van der Waals surface area contributed by atoms with Crippen LogP contribution in [0.3, 0.4) is 0 Å². The van der Waals surface area contributed by atoms with Gasteiger partial charge in [0, 0.05) is 13.7 Å². The number of benzene rings is 2. The van der Waals surface area contributed by atoms with Crippen molar-refractivity contribution in [2.24, 2.45) is 0 Å². The Labute approximate surface area is 140 Å². The van der Waals surface area contributed by atoms with Crippen LogP contribution in [0.5, 0.6) is 5.75 Å². The monoisotopic (exact) mass is 445 g/mol. The summed E-state index contributed by atoms with van der Waals surface area (Å²) in [5.41, 5.74) is 1.28. The molecule has 1 amide bonds. The first-order valence-corrected chi connectivity index (χ1v) is 7.96. The number of amides is 1. The van der Waals surface area contributed by atoms with E-state index in [1.165, 1.54) is 0 Å². The van der Waals surface area contributed by atoms with E-state index < -0.39 is 0 Å². The van der Waals surface area contributed by atoms with Crippen LogP contribution in [0.25, 0.3) is 0 Å².